The Balaban J connectivity index is 2.20. The van der Waals surface area contributed by atoms with Crippen LogP contribution in [0, 0.1) is 6.92 Å². The maximum Gasteiger partial charge on any atom is 0.127 e. The average Bonchev–Trinajstić information content (AvgIpc) is 2.27. The van der Waals surface area contributed by atoms with Crippen molar-refractivity contribution in [3.05, 3.63) is 52.5 Å². The molecule has 16 heavy (non-hydrogen) atoms. The Labute approximate surface area is 103 Å². The summed E-state index contributed by atoms with van der Waals surface area (Å²) >= 11 is 3.38. The van der Waals surface area contributed by atoms with Gasteiger partial charge in [0, 0.05) is 10.2 Å². The second-order valence-electron chi connectivity index (χ2n) is 3.57. The molecule has 0 amide bonds. The number of ether oxygens (including phenoxy) is 1. The third-order valence-corrected chi connectivity index (χ3v) is 2.82. The molecule has 2 nitrogen and oxygen atoms in total. The first kappa shape index (κ1) is 11.0. The molecule has 0 spiro atoms. The average molecular weight is 278 g/mol. The van der Waals surface area contributed by atoms with Gasteiger partial charge >= 0.3 is 0 Å². The number of halogens is 1. The molecule has 0 atom stereocenters. The third kappa shape index (κ3) is 2.55. The number of anilines is 1. The number of rotatable bonds is 2. The van der Waals surface area contributed by atoms with Crippen LogP contribution in [0.4, 0.5) is 5.69 Å². The van der Waals surface area contributed by atoms with E-state index in [0.29, 0.717) is 0 Å². The zero-order chi connectivity index (χ0) is 11.5. The van der Waals surface area contributed by atoms with Crippen LogP contribution >= 0.6 is 15.9 Å². The van der Waals surface area contributed by atoms with E-state index in [1.807, 2.05) is 49.4 Å². The first-order valence-corrected chi connectivity index (χ1v) is 5.74. The van der Waals surface area contributed by atoms with Crippen molar-refractivity contribution >= 4 is 21.6 Å². The van der Waals surface area contributed by atoms with Crippen LogP contribution in [0.15, 0.2) is 46.9 Å². The van der Waals surface area contributed by atoms with Gasteiger partial charge in [-0.1, -0.05) is 15.9 Å². The van der Waals surface area contributed by atoms with Crippen molar-refractivity contribution in [1.29, 1.82) is 0 Å². The van der Waals surface area contributed by atoms with Gasteiger partial charge in [0.1, 0.15) is 11.5 Å². The number of hydrogen-bond donors (Lipinski definition) is 1. The van der Waals surface area contributed by atoms with Gasteiger partial charge in [-0.05, 0) is 55.0 Å². The minimum absolute atomic E-state index is 0.781. The van der Waals surface area contributed by atoms with E-state index in [-0.39, 0.29) is 0 Å². The van der Waals surface area contributed by atoms with Gasteiger partial charge in [-0.3, -0.25) is 0 Å². The molecule has 2 rings (SSSR count). The van der Waals surface area contributed by atoms with E-state index in [9.17, 15) is 0 Å². The molecule has 0 bridgehead atoms. The highest BCUT2D eigenvalue weighted by Crippen LogP contribution is 2.25. The normalized spacial score (nSPS) is 10.1. The van der Waals surface area contributed by atoms with Gasteiger partial charge in [0.25, 0.3) is 0 Å². The predicted molar refractivity (Wildman–Crippen MR) is 69.8 cm³/mol. The van der Waals surface area contributed by atoms with E-state index in [1.165, 1.54) is 0 Å². The quantitative estimate of drug-likeness (QED) is 0.838. The van der Waals surface area contributed by atoms with Crippen LogP contribution in [-0.2, 0) is 0 Å². The number of aryl methyl sites for hydroxylation is 1. The lowest BCUT2D eigenvalue weighted by Crippen LogP contribution is -1.90. The Hall–Kier alpha value is -1.48. The van der Waals surface area contributed by atoms with Crippen LogP contribution in [0.2, 0.25) is 0 Å². The predicted octanol–water partition coefficient (Wildman–Crippen LogP) is 4.13. The number of nitrogen functional groups attached to an aromatic ring is 1. The molecule has 0 saturated heterocycles. The van der Waals surface area contributed by atoms with Gasteiger partial charge in [0.15, 0.2) is 0 Å². The van der Waals surface area contributed by atoms with Crippen LogP contribution in [0.5, 0.6) is 11.5 Å². The van der Waals surface area contributed by atoms with Crippen LogP contribution in [0.3, 0.4) is 0 Å². The number of benzene rings is 2. The van der Waals surface area contributed by atoms with Crippen molar-refractivity contribution in [3.8, 4) is 11.5 Å². The molecule has 82 valence electrons. The minimum atomic E-state index is 0.781. The highest BCUT2D eigenvalue weighted by atomic mass is 79.9. The van der Waals surface area contributed by atoms with Crippen LogP contribution < -0.4 is 10.5 Å². The lowest BCUT2D eigenvalue weighted by Gasteiger charge is -2.07. The highest BCUT2D eigenvalue weighted by Gasteiger charge is 1.99. The summed E-state index contributed by atoms with van der Waals surface area (Å²) in [5, 5.41) is 0. The first-order chi connectivity index (χ1) is 7.65. The zero-order valence-corrected chi connectivity index (χ0v) is 10.5. The van der Waals surface area contributed by atoms with Crippen molar-refractivity contribution in [1.82, 2.24) is 0 Å². The Bertz CT molecular complexity index is 494. The molecule has 0 aliphatic carbocycles. The SMILES string of the molecule is Cc1cc(Oc2ccc(Br)cc2)ccc1N. The van der Waals surface area contributed by atoms with Gasteiger partial charge in [-0.15, -0.1) is 0 Å². The summed E-state index contributed by atoms with van der Waals surface area (Å²) in [4.78, 5) is 0. The van der Waals surface area contributed by atoms with Crippen molar-refractivity contribution < 1.29 is 4.74 Å². The zero-order valence-electron chi connectivity index (χ0n) is 8.91. The van der Waals surface area contributed by atoms with Gasteiger partial charge < -0.3 is 10.5 Å². The second kappa shape index (κ2) is 4.58. The topological polar surface area (TPSA) is 35.2 Å². The molecule has 0 radical (unpaired) electrons. The Morgan fingerprint density at radius 3 is 2.25 bits per heavy atom. The monoisotopic (exact) mass is 277 g/mol. The van der Waals surface area contributed by atoms with E-state index in [1.54, 1.807) is 0 Å². The lowest BCUT2D eigenvalue weighted by molar-refractivity contribution is 0.482. The molecule has 2 N–H and O–H groups in total. The van der Waals surface area contributed by atoms with E-state index in [4.69, 9.17) is 10.5 Å². The van der Waals surface area contributed by atoms with Gasteiger partial charge in [0.2, 0.25) is 0 Å². The summed E-state index contributed by atoms with van der Waals surface area (Å²) in [6.45, 7) is 1.96. The maximum atomic E-state index is 5.74. The first-order valence-electron chi connectivity index (χ1n) is 4.95. The standard InChI is InChI=1S/C13H12BrNO/c1-9-8-12(6-7-13(9)15)16-11-4-2-10(14)3-5-11/h2-8H,15H2,1H3. The second-order valence-corrected chi connectivity index (χ2v) is 4.49. The molecular formula is C13H12BrNO. The molecule has 0 saturated carbocycles. The summed E-state index contributed by atoms with van der Waals surface area (Å²) in [5.74, 6) is 1.61. The fraction of sp³-hybridized carbons (Fsp3) is 0.0769. The molecule has 3 heteroatoms. The molecule has 0 unspecified atom stereocenters. The van der Waals surface area contributed by atoms with Crippen LogP contribution in [0.1, 0.15) is 5.56 Å². The largest absolute Gasteiger partial charge is 0.457 e. The fourth-order valence-corrected chi connectivity index (χ4v) is 1.61. The highest BCUT2D eigenvalue weighted by molar-refractivity contribution is 9.10. The van der Waals surface area contributed by atoms with Crippen molar-refractivity contribution in [2.45, 2.75) is 6.92 Å². The van der Waals surface area contributed by atoms with Crippen molar-refractivity contribution in [2.75, 3.05) is 5.73 Å². The molecule has 2 aromatic rings. The summed E-state index contributed by atoms with van der Waals surface area (Å²) in [6.07, 6.45) is 0. The molecular weight excluding hydrogens is 266 g/mol. The smallest absolute Gasteiger partial charge is 0.127 e. The Kier molecular flexibility index (Phi) is 3.15. The van der Waals surface area contributed by atoms with Crippen LogP contribution in [0.25, 0.3) is 0 Å². The third-order valence-electron chi connectivity index (χ3n) is 2.29. The van der Waals surface area contributed by atoms with Gasteiger partial charge in [-0.25, -0.2) is 0 Å². The summed E-state index contributed by atoms with van der Waals surface area (Å²) in [5.41, 5.74) is 7.54. The molecule has 2 aromatic carbocycles. The Morgan fingerprint density at radius 2 is 1.62 bits per heavy atom. The molecule has 0 aliphatic rings. The minimum Gasteiger partial charge on any atom is -0.457 e. The summed E-state index contributed by atoms with van der Waals surface area (Å²) < 4.78 is 6.73. The van der Waals surface area contributed by atoms with Gasteiger partial charge in [0.05, 0.1) is 0 Å². The Morgan fingerprint density at radius 1 is 1.00 bits per heavy atom. The van der Waals surface area contributed by atoms with Crippen molar-refractivity contribution in [3.63, 3.8) is 0 Å². The van der Waals surface area contributed by atoms with Crippen molar-refractivity contribution in [2.24, 2.45) is 0 Å². The molecule has 0 heterocycles. The number of nitrogens with two attached hydrogens (primary N) is 1. The van der Waals surface area contributed by atoms with E-state index < -0.39 is 0 Å². The summed E-state index contributed by atoms with van der Waals surface area (Å²) in [7, 11) is 0. The summed E-state index contributed by atoms with van der Waals surface area (Å²) in [6, 6.07) is 13.4. The molecule has 0 aromatic heterocycles. The fourth-order valence-electron chi connectivity index (χ4n) is 1.35. The number of hydrogen-bond acceptors (Lipinski definition) is 2. The van der Waals surface area contributed by atoms with E-state index in [2.05, 4.69) is 15.9 Å². The van der Waals surface area contributed by atoms with Crippen LogP contribution in [-0.4, -0.2) is 0 Å². The van der Waals surface area contributed by atoms with Gasteiger partial charge in [-0.2, -0.15) is 0 Å². The molecule has 0 fully saturated rings. The molecule has 0 aliphatic heterocycles. The lowest BCUT2D eigenvalue weighted by atomic mass is 10.2. The van der Waals surface area contributed by atoms with E-state index in [0.717, 1.165) is 27.2 Å². The van der Waals surface area contributed by atoms with E-state index >= 15 is 0 Å². The maximum absolute atomic E-state index is 5.74.